The monoisotopic (exact) mass is 414 g/mol. The summed E-state index contributed by atoms with van der Waals surface area (Å²) in [5.74, 6) is -0.868. The van der Waals surface area contributed by atoms with Crippen LogP contribution in [0.15, 0.2) is 24.4 Å². The van der Waals surface area contributed by atoms with Gasteiger partial charge in [-0.3, -0.25) is 9.59 Å². The van der Waals surface area contributed by atoms with Gasteiger partial charge >= 0.3 is 5.97 Å². The van der Waals surface area contributed by atoms with Crippen molar-refractivity contribution < 1.29 is 19.1 Å². The molecule has 2 aromatic rings. The summed E-state index contributed by atoms with van der Waals surface area (Å²) >= 11 is 0. The van der Waals surface area contributed by atoms with Crippen molar-refractivity contribution in [2.45, 2.75) is 64.3 Å². The van der Waals surface area contributed by atoms with Gasteiger partial charge in [0.2, 0.25) is 5.91 Å². The summed E-state index contributed by atoms with van der Waals surface area (Å²) in [6.07, 6.45) is 6.74. The van der Waals surface area contributed by atoms with Crippen molar-refractivity contribution in [1.29, 1.82) is 0 Å². The molecule has 6 heteroatoms. The number of piperidine rings is 1. The normalized spacial score (nSPS) is 25.3. The average molecular weight is 415 g/mol. The van der Waals surface area contributed by atoms with Crippen molar-refractivity contribution in [3.8, 4) is 0 Å². The van der Waals surface area contributed by atoms with E-state index in [4.69, 9.17) is 0 Å². The number of likely N-dealkylation sites (tertiary alicyclic amines) is 1. The lowest BCUT2D eigenvalue weighted by molar-refractivity contribution is -0.154. The molecule has 2 N–H and O–H groups in total. The molecule has 4 atom stereocenters. The van der Waals surface area contributed by atoms with Crippen molar-refractivity contribution in [2.24, 2.45) is 17.8 Å². The highest BCUT2D eigenvalue weighted by atomic mass is 19.1. The summed E-state index contributed by atoms with van der Waals surface area (Å²) < 4.78 is 13.6. The molecule has 2 heterocycles. The first-order valence-electron chi connectivity index (χ1n) is 11.2. The molecule has 1 aromatic heterocycles. The molecule has 1 aliphatic carbocycles. The Bertz CT molecular complexity index is 938. The highest BCUT2D eigenvalue weighted by molar-refractivity contribution is 5.85. The molecule has 1 aromatic carbocycles. The van der Waals surface area contributed by atoms with Crippen LogP contribution in [-0.4, -0.2) is 39.5 Å². The molecular weight excluding hydrogens is 383 g/mol. The fraction of sp³-hybridized carbons (Fsp3) is 0.583. The molecule has 1 saturated carbocycles. The van der Waals surface area contributed by atoms with E-state index in [0.29, 0.717) is 19.4 Å². The Labute approximate surface area is 176 Å². The van der Waals surface area contributed by atoms with Gasteiger partial charge in [0, 0.05) is 36.1 Å². The number of carboxylic acid groups (broad SMARTS) is 1. The number of aromatic nitrogens is 1. The van der Waals surface area contributed by atoms with E-state index in [1.165, 1.54) is 12.1 Å². The molecule has 3 unspecified atom stereocenters. The van der Waals surface area contributed by atoms with Crippen LogP contribution < -0.4 is 0 Å². The van der Waals surface area contributed by atoms with Crippen LogP contribution in [0.5, 0.6) is 0 Å². The Hall–Kier alpha value is -2.37. The predicted octanol–water partition coefficient (Wildman–Crippen LogP) is 4.93. The number of aliphatic carboxylic acids is 1. The Morgan fingerprint density at radius 3 is 2.73 bits per heavy atom. The number of aromatic amines is 1. The molecule has 0 bridgehead atoms. The highest BCUT2D eigenvalue weighted by Crippen LogP contribution is 2.41. The largest absolute Gasteiger partial charge is 0.481 e. The van der Waals surface area contributed by atoms with Crippen LogP contribution in [0.25, 0.3) is 10.9 Å². The number of amides is 1. The molecule has 4 rings (SSSR count). The number of nitrogens with one attached hydrogen (secondary N) is 1. The first kappa shape index (κ1) is 20.9. The number of nitrogens with zero attached hydrogens (tertiary/aromatic N) is 1. The quantitative estimate of drug-likeness (QED) is 0.729. The fourth-order valence-corrected chi connectivity index (χ4v) is 5.71. The van der Waals surface area contributed by atoms with E-state index in [1.54, 1.807) is 6.07 Å². The zero-order chi connectivity index (χ0) is 21.4. The second-order valence-corrected chi connectivity index (χ2v) is 9.32. The van der Waals surface area contributed by atoms with Crippen molar-refractivity contribution in [1.82, 2.24) is 9.88 Å². The Kier molecular flexibility index (Phi) is 5.85. The minimum atomic E-state index is -0.718. The van der Waals surface area contributed by atoms with Crippen LogP contribution in [0.4, 0.5) is 4.39 Å². The average Bonchev–Trinajstić information content (AvgIpc) is 3.13. The third-order valence-electron chi connectivity index (χ3n) is 7.29. The summed E-state index contributed by atoms with van der Waals surface area (Å²) in [6, 6.07) is 4.78. The Morgan fingerprint density at radius 1 is 1.23 bits per heavy atom. The third-order valence-corrected chi connectivity index (χ3v) is 7.29. The van der Waals surface area contributed by atoms with Crippen LogP contribution in [0.1, 0.15) is 63.9 Å². The van der Waals surface area contributed by atoms with Crippen molar-refractivity contribution in [2.75, 3.05) is 6.54 Å². The van der Waals surface area contributed by atoms with E-state index >= 15 is 0 Å². The number of carboxylic acids is 1. The van der Waals surface area contributed by atoms with Crippen LogP contribution in [0, 0.1) is 23.6 Å². The molecule has 0 radical (unpaired) electrons. The molecule has 1 amide bonds. The van der Waals surface area contributed by atoms with Gasteiger partial charge in [0.1, 0.15) is 5.82 Å². The number of H-pyrrole nitrogens is 1. The summed E-state index contributed by atoms with van der Waals surface area (Å²) in [5, 5.41) is 10.6. The van der Waals surface area contributed by atoms with E-state index in [2.05, 4.69) is 18.8 Å². The van der Waals surface area contributed by atoms with Gasteiger partial charge in [0.05, 0.1) is 5.92 Å². The first-order valence-corrected chi connectivity index (χ1v) is 11.2. The lowest BCUT2D eigenvalue weighted by Crippen LogP contribution is -2.54. The van der Waals surface area contributed by atoms with Gasteiger partial charge < -0.3 is 15.0 Å². The van der Waals surface area contributed by atoms with Gasteiger partial charge in [0.15, 0.2) is 0 Å². The number of rotatable bonds is 5. The van der Waals surface area contributed by atoms with Crippen molar-refractivity contribution >= 4 is 22.8 Å². The summed E-state index contributed by atoms with van der Waals surface area (Å²) in [4.78, 5) is 30.3. The van der Waals surface area contributed by atoms with E-state index < -0.39 is 5.97 Å². The molecular formula is C24H31FN2O3. The maximum Gasteiger partial charge on any atom is 0.306 e. The number of hydrogen-bond acceptors (Lipinski definition) is 2. The summed E-state index contributed by atoms with van der Waals surface area (Å²) in [5.41, 5.74) is 1.80. The maximum absolute atomic E-state index is 13.6. The van der Waals surface area contributed by atoms with Gasteiger partial charge in [-0.15, -0.1) is 0 Å². The molecule has 0 spiro atoms. The SMILES string of the molecule is CC(C)[C@H](CC(=O)N1CCC(C(=O)O)C2CCCCC21)c1c[nH]c2cc(F)ccc12. The number of fused-ring (bicyclic) bond motifs is 2. The van der Waals surface area contributed by atoms with E-state index in [9.17, 15) is 19.1 Å². The number of halogens is 1. The standard InChI is InChI=1S/C24H31FN2O3/c1-14(2)19(20-13-26-21-11-15(25)7-8-16(20)21)12-23(28)27-10-9-18(24(29)30)17-5-3-4-6-22(17)27/h7-8,11,13-14,17-19,22,26H,3-6,9-10,12H2,1-2H3,(H,29,30)/t17?,18?,19-,22?/m0/s1. The second kappa shape index (κ2) is 8.40. The van der Waals surface area contributed by atoms with Gasteiger partial charge in [-0.2, -0.15) is 0 Å². The lowest BCUT2D eigenvalue weighted by atomic mass is 9.71. The molecule has 30 heavy (non-hydrogen) atoms. The van der Waals surface area contributed by atoms with Crippen LogP contribution in [0.2, 0.25) is 0 Å². The van der Waals surface area contributed by atoms with Crippen molar-refractivity contribution in [3.63, 3.8) is 0 Å². The van der Waals surface area contributed by atoms with Gasteiger partial charge in [-0.25, -0.2) is 4.39 Å². The zero-order valence-corrected chi connectivity index (χ0v) is 17.7. The summed E-state index contributed by atoms with van der Waals surface area (Å²) in [7, 11) is 0. The molecule has 1 saturated heterocycles. The Morgan fingerprint density at radius 2 is 2.00 bits per heavy atom. The lowest BCUT2D eigenvalue weighted by Gasteiger charge is -2.47. The molecule has 5 nitrogen and oxygen atoms in total. The van der Waals surface area contributed by atoms with Crippen LogP contribution in [0.3, 0.4) is 0 Å². The summed E-state index contributed by atoms with van der Waals surface area (Å²) in [6.45, 7) is 4.75. The molecule has 162 valence electrons. The topological polar surface area (TPSA) is 73.4 Å². The number of carbonyl (C=O) groups excluding carboxylic acids is 1. The van der Waals surface area contributed by atoms with Crippen LogP contribution >= 0.6 is 0 Å². The van der Waals surface area contributed by atoms with Gasteiger partial charge in [-0.1, -0.05) is 26.7 Å². The number of benzene rings is 1. The Balaban J connectivity index is 1.56. The second-order valence-electron chi connectivity index (χ2n) is 9.32. The van der Waals surface area contributed by atoms with Crippen molar-refractivity contribution in [3.05, 3.63) is 35.8 Å². The molecule has 2 fully saturated rings. The number of carbonyl (C=O) groups is 2. The predicted molar refractivity (Wildman–Crippen MR) is 114 cm³/mol. The minimum absolute atomic E-state index is 0.0240. The first-order chi connectivity index (χ1) is 14.4. The third kappa shape index (κ3) is 3.84. The maximum atomic E-state index is 13.6. The van der Waals surface area contributed by atoms with E-state index in [-0.39, 0.29) is 41.4 Å². The zero-order valence-electron chi connectivity index (χ0n) is 17.7. The molecule has 1 aliphatic heterocycles. The smallest absolute Gasteiger partial charge is 0.306 e. The van der Waals surface area contributed by atoms with Gasteiger partial charge in [0.25, 0.3) is 0 Å². The van der Waals surface area contributed by atoms with E-state index in [1.807, 2.05) is 11.1 Å². The number of hydrogen-bond donors (Lipinski definition) is 2. The van der Waals surface area contributed by atoms with Gasteiger partial charge in [-0.05, 0) is 60.8 Å². The highest BCUT2D eigenvalue weighted by Gasteiger charge is 2.44. The fourth-order valence-electron chi connectivity index (χ4n) is 5.71. The van der Waals surface area contributed by atoms with E-state index in [0.717, 1.165) is 42.1 Å². The molecule has 2 aliphatic rings. The van der Waals surface area contributed by atoms with Crippen LogP contribution in [-0.2, 0) is 9.59 Å². The minimum Gasteiger partial charge on any atom is -0.481 e.